The van der Waals surface area contributed by atoms with E-state index in [2.05, 4.69) is 54.4 Å². The Labute approximate surface area is 205 Å². The van der Waals surface area contributed by atoms with Crippen LogP contribution in [0.2, 0.25) is 0 Å². The molecule has 0 saturated heterocycles. The van der Waals surface area contributed by atoms with Crippen LogP contribution in [-0.4, -0.2) is 22.2 Å². The fourth-order valence-corrected chi connectivity index (χ4v) is 3.92. The molecule has 3 aromatic carbocycles. The molecule has 176 valence electrons. The summed E-state index contributed by atoms with van der Waals surface area (Å²) in [6.45, 7) is 5.83. The molecule has 6 rings (SSSR count). The number of hydrogen-bond acceptors (Lipinski definition) is 4. The highest BCUT2D eigenvalue weighted by Crippen LogP contribution is 2.25. The van der Waals surface area contributed by atoms with Crippen molar-refractivity contribution in [1.82, 2.24) is 4.98 Å². The van der Waals surface area contributed by atoms with Crippen molar-refractivity contribution in [3.05, 3.63) is 120 Å². The zero-order valence-electron chi connectivity index (χ0n) is 20.2. The topological polar surface area (TPSA) is 59.4 Å². The maximum atomic E-state index is 11.1. The fourth-order valence-electron chi connectivity index (χ4n) is 3.92. The maximum Gasteiger partial charge on any atom is 0.313 e. The Bertz CT molecular complexity index is 1450. The first-order valence-corrected chi connectivity index (χ1v) is 11.7. The smallest absolute Gasteiger partial charge is 0.313 e. The van der Waals surface area contributed by atoms with Crippen LogP contribution in [-0.2, 0) is 9.53 Å². The molecule has 2 unspecified atom stereocenters. The molecule has 4 heteroatoms. The summed E-state index contributed by atoms with van der Waals surface area (Å²) in [4.78, 5) is 15.2. The molecule has 4 aromatic rings. The van der Waals surface area contributed by atoms with Crippen LogP contribution in [0.4, 0.5) is 0 Å². The van der Waals surface area contributed by atoms with Crippen molar-refractivity contribution in [2.75, 3.05) is 0 Å². The maximum absolute atomic E-state index is 11.1. The van der Waals surface area contributed by atoms with Crippen molar-refractivity contribution in [3.8, 4) is 5.75 Å². The Balaban J connectivity index is 0.000000124. The zero-order valence-corrected chi connectivity index (χ0v) is 20.2. The fraction of sp³-hybridized carbons (Fsp3) is 0.161. The van der Waals surface area contributed by atoms with Crippen LogP contribution in [0.1, 0.15) is 18.1 Å². The van der Waals surface area contributed by atoms with Crippen LogP contribution >= 0.6 is 0 Å². The van der Waals surface area contributed by atoms with E-state index in [1.807, 2.05) is 68.5 Å². The summed E-state index contributed by atoms with van der Waals surface area (Å²) in [6, 6.07) is 22.5. The van der Waals surface area contributed by atoms with Gasteiger partial charge in [-0.15, -0.1) is 0 Å². The number of carbonyl (C=O) groups is 1. The van der Waals surface area contributed by atoms with E-state index < -0.39 is 0 Å². The first-order valence-electron chi connectivity index (χ1n) is 11.7. The minimum Gasteiger partial charge on any atom is -0.505 e. The second kappa shape index (κ2) is 10.8. The van der Waals surface area contributed by atoms with Gasteiger partial charge in [-0.05, 0) is 54.8 Å². The number of phenolic OH excluding ortho intramolecular Hbond substituents is 1. The molecule has 0 amide bonds. The molecule has 1 aliphatic carbocycles. The minimum atomic E-state index is -0.140. The van der Waals surface area contributed by atoms with E-state index in [4.69, 9.17) is 4.74 Å². The Morgan fingerprint density at radius 1 is 0.886 bits per heavy atom. The van der Waals surface area contributed by atoms with Gasteiger partial charge < -0.3 is 9.84 Å². The van der Waals surface area contributed by atoms with Crippen LogP contribution in [0, 0.1) is 19.8 Å². The number of aryl methyl sites for hydroxylation is 2. The third-order valence-electron chi connectivity index (χ3n) is 5.93. The molecule has 0 radical (unpaired) electrons. The highest BCUT2D eigenvalue weighted by atomic mass is 16.5. The van der Waals surface area contributed by atoms with E-state index in [1.165, 1.54) is 16.3 Å². The number of fused-ring (bicyclic) bond motifs is 3. The molecule has 2 atom stereocenters. The van der Waals surface area contributed by atoms with Gasteiger partial charge in [0.2, 0.25) is 0 Å². The van der Waals surface area contributed by atoms with E-state index >= 15 is 0 Å². The van der Waals surface area contributed by atoms with Gasteiger partial charge in [0.25, 0.3) is 0 Å². The highest BCUT2D eigenvalue weighted by Gasteiger charge is 2.25. The van der Waals surface area contributed by atoms with Crippen molar-refractivity contribution in [1.29, 1.82) is 0 Å². The molecular weight excluding hydrogens is 434 g/mol. The number of aromatic hydroxyl groups is 1. The quantitative estimate of drug-likeness (QED) is 0.285. The molecule has 0 spiro atoms. The van der Waals surface area contributed by atoms with Gasteiger partial charge in [-0.3, -0.25) is 9.78 Å². The number of phenols is 1. The number of pyridine rings is 1. The van der Waals surface area contributed by atoms with Crippen LogP contribution in [0.25, 0.3) is 21.7 Å². The van der Waals surface area contributed by atoms with E-state index in [-0.39, 0.29) is 23.7 Å². The van der Waals surface area contributed by atoms with Gasteiger partial charge in [0, 0.05) is 11.6 Å². The standard InChI is InChI=1S/C11H10.C10H9NO.C10H10O2/c1-9-6-7-10-4-2-3-5-11(10)8-9;1-7-4-5-8-3-2-6-11-9(8)10(7)12;1-7-6-8-4-2-3-5-9(8)12-10(7)11/h2-8H,1H3;2-6,12H,1H3;2-7,9H,1H3. The Morgan fingerprint density at radius 3 is 2.46 bits per heavy atom. The predicted octanol–water partition coefficient (Wildman–Crippen LogP) is 7.00. The van der Waals surface area contributed by atoms with Crippen LogP contribution in [0.3, 0.4) is 0 Å². The molecule has 2 aliphatic rings. The number of esters is 1. The Kier molecular flexibility index (Phi) is 7.41. The number of aromatic nitrogens is 1. The summed E-state index contributed by atoms with van der Waals surface area (Å²) in [5.74, 6) is 0.0456. The van der Waals surface area contributed by atoms with Crippen LogP contribution < -0.4 is 0 Å². The van der Waals surface area contributed by atoms with Crippen molar-refractivity contribution < 1.29 is 14.6 Å². The molecule has 4 nitrogen and oxygen atoms in total. The van der Waals surface area contributed by atoms with Gasteiger partial charge in [-0.1, -0.05) is 90.5 Å². The van der Waals surface area contributed by atoms with Crippen molar-refractivity contribution in [2.24, 2.45) is 5.92 Å². The van der Waals surface area contributed by atoms with E-state index in [0.29, 0.717) is 5.52 Å². The summed E-state index contributed by atoms with van der Waals surface area (Å²) >= 11 is 0. The first kappa shape index (κ1) is 24.0. The zero-order chi connectivity index (χ0) is 24.8. The minimum absolute atomic E-state index is 0.104. The summed E-state index contributed by atoms with van der Waals surface area (Å²) in [7, 11) is 0. The molecule has 1 N–H and O–H groups in total. The summed E-state index contributed by atoms with van der Waals surface area (Å²) in [6.07, 6.45) is 11.2. The molecule has 0 bridgehead atoms. The van der Waals surface area contributed by atoms with Crippen molar-refractivity contribution in [3.63, 3.8) is 0 Å². The second-order valence-electron chi connectivity index (χ2n) is 8.71. The average Bonchev–Trinajstić information content (AvgIpc) is 2.88. The van der Waals surface area contributed by atoms with E-state index in [0.717, 1.165) is 16.5 Å². The SMILES string of the molecule is CC1C=C2C=CC=CC2OC1=O.Cc1ccc2ccccc2c1.Cc1ccc2cccnc2c1O. The molecular formula is C31H29NO3. The van der Waals surface area contributed by atoms with Gasteiger partial charge in [-0.2, -0.15) is 0 Å². The van der Waals surface area contributed by atoms with Gasteiger partial charge >= 0.3 is 5.97 Å². The lowest BCUT2D eigenvalue weighted by Gasteiger charge is -2.24. The van der Waals surface area contributed by atoms with Crippen LogP contribution in [0.5, 0.6) is 5.75 Å². The molecule has 1 aliphatic heterocycles. The van der Waals surface area contributed by atoms with Crippen molar-refractivity contribution >= 4 is 27.6 Å². The number of carbonyl (C=O) groups excluding carboxylic acids is 1. The average molecular weight is 464 g/mol. The molecule has 1 aromatic heterocycles. The number of allylic oxidation sites excluding steroid dienone is 2. The molecule has 35 heavy (non-hydrogen) atoms. The number of rotatable bonds is 0. The normalized spacial score (nSPS) is 17.9. The van der Waals surface area contributed by atoms with E-state index in [1.54, 1.807) is 6.20 Å². The monoisotopic (exact) mass is 463 g/mol. The lowest BCUT2D eigenvalue weighted by atomic mass is 9.97. The molecule has 2 heterocycles. The van der Waals surface area contributed by atoms with Gasteiger partial charge in [0.1, 0.15) is 17.4 Å². The Morgan fingerprint density at radius 2 is 1.63 bits per heavy atom. The number of nitrogens with zero attached hydrogens (tertiary/aromatic N) is 1. The van der Waals surface area contributed by atoms with E-state index in [9.17, 15) is 9.90 Å². The summed E-state index contributed by atoms with van der Waals surface area (Å²) < 4.78 is 5.16. The number of benzene rings is 3. The highest BCUT2D eigenvalue weighted by molar-refractivity contribution is 5.85. The van der Waals surface area contributed by atoms with Crippen molar-refractivity contribution in [2.45, 2.75) is 26.9 Å². The van der Waals surface area contributed by atoms with Gasteiger partial charge in [-0.25, -0.2) is 0 Å². The second-order valence-corrected chi connectivity index (χ2v) is 8.71. The lowest BCUT2D eigenvalue weighted by molar-refractivity contribution is -0.149. The van der Waals surface area contributed by atoms with Gasteiger partial charge in [0.05, 0.1) is 5.92 Å². The molecule has 0 saturated carbocycles. The third kappa shape index (κ3) is 5.85. The Hall–Kier alpha value is -4.18. The molecule has 0 fully saturated rings. The van der Waals surface area contributed by atoms with Crippen LogP contribution in [0.15, 0.2) is 109 Å². The van der Waals surface area contributed by atoms with Gasteiger partial charge in [0.15, 0.2) is 0 Å². The summed E-state index contributed by atoms with van der Waals surface area (Å²) in [5, 5.41) is 13.2. The largest absolute Gasteiger partial charge is 0.505 e. The lowest BCUT2D eigenvalue weighted by Crippen LogP contribution is -2.28. The predicted molar refractivity (Wildman–Crippen MR) is 142 cm³/mol. The first-order chi connectivity index (χ1) is 16.9. The number of hydrogen-bond donors (Lipinski definition) is 1. The number of ether oxygens (including phenoxy) is 1. The third-order valence-corrected chi connectivity index (χ3v) is 5.93. The summed E-state index contributed by atoms with van der Waals surface area (Å²) in [5.41, 5.74) is 3.95.